The summed E-state index contributed by atoms with van der Waals surface area (Å²) in [4.78, 5) is 10.7. The Hall–Kier alpha value is -0.570. The van der Waals surface area contributed by atoms with E-state index in [0.717, 1.165) is 25.7 Å². The Labute approximate surface area is 67.8 Å². The number of nitrogens with one attached hydrogen (secondary N) is 1. The van der Waals surface area contributed by atoms with Crippen LogP contribution in [0.25, 0.3) is 0 Å². The molecule has 0 spiro atoms. The van der Waals surface area contributed by atoms with Gasteiger partial charge in [-0.15, -0.1) is 0 Å². The molecular formula is C8H16NO2. The number of hydrogen-bond acceptors (Lipinski definition) is 1. The average molecular weight is 158 g/mol. The molecule has 0 rings (SSSR count). The van der Waals surface area contributed by atoms with Gasteiger partial charge in [0.1, 0.15) is 0 Å². The Morgan fingerprint density at radius 1 is 1.18 bits per heavy atom. The molecule has 0 bridgehead atoms. The maximum atomic E-state index is 10.7. The van der Waals surface area contributed by atoms with E-state index < -0.39 is 0 Å². The van der Waals surface area contributed by atoms with E-state index in [-0.39, 0.29) is 12.5 Å². The molecule has 11 heavy (non-hydrogen) atoms. The highest BCUT2D eigenvalue weighted by Crippen LogP contribution is 2.01. The first-order valence-electron chi connectivity index (χ1n) is 4.10. The maximum absolute atomic E-state index is 10.7. The van der Waals surface area contributed by atoms with Crippen molar-refractivity contribution in [3.8, 4) is 0 Å². The molecule has 1 N–H and O–H groups in total. The number of unbranched alkanes of at least 4 members (excludes halogenated alkanes) is 3. The molecule has 0 fully saturated rings. The number of hydrogen-bond donors (Lipinski definition) is 1. The third kappa shape index (κ3) is 7.33. The molecule has 1 amide bonds. The summed E-state index contributed by atoms with van der Waals surface area (Å²) in [5, 5.41) is 12.6. The molecule has 0 atom stereocenters. The molecule has 0 saturated carbocycles. The van der Waals surface area contributed by atoms with Gasteiger partial charge in [-0.2, -0.15) is 0 Å². The van der Waals surface area contributed by atoms with Crippen molar-refractivity contribution in [2.45, 2.75) is 32.1 Å². The smallest absolute Gasteiger partial charge is 0.219 e. The lowest BCUT2D eigenvalue weighted by Crippen LogP contribution is -2.16. The summed E-state index contributed by atoms with van der Waals surface area (Å²) in [5.74, 6) is 0.0899. The van der Waals surface area contributed by atoms with Crippen molar-refractivity contribution in [3.63, 3.8) is 0 Å². The Kier molecular flexibility index (Phi) is 7.15. The lowest BCUT2D eigenvalue weighted by Gasteiger charge is -1.98. The molecule has 0 aliphatic heterocycles. The minimum absolute atomic E-state index is 0.0139. The number of carbonyl (C=O) groups is 1. The normalized spacial score (nSPS) is 9.64. The van der Waals surface area contributed by atoms with Crippen molar-refractivity contribution in [1.29, 1.82) is 0 Å². The van der Waals surface area contributed by atoms with Crippen LogP contribution in [0.2, 0.25) is 0 Å². The molecule has 0 aromatic heterocycles. The Morgan fingerprint density at radius 2 is 1.82 bits per heavy atom. The van der Waals surface area contributed by atoms with Gasteiger partial charge in [-0.25, -0.2) is 5.11 Å². The number of carbonyl (C=O) groups excluding carboxylic acids is 1. The van der Waals surface area contributed by atoms with Gasteiger partial charge in [0.25, 0.3) is 0 Å². The molecular weight excluding hydrogens is 142 g/mol. The number of rotatable bonds is 6. The summed E-state index contributed by atoms with van der Waals surface area (Å²) < 4.78 is 0. The van der Waals surface area contributed by atoms with Crippen LogP contribution in [0.4, 0.5) is 0 Å². The molecule has 0 aliphatic rings. The average Bonchev–Trinajstić information content (AvgIpc) is 2.04. The zero-order valence-corrected chi connectivity index (χ0v) is 7.06. The van der Waals surface area contributed by atoms with Crippen LogP contribution in [0.1, 0.15) is 32.1 Å². The van der Waals surface area contributed by atoms with E-state index in [1.807, 2.05) is 0 Å². The van der Waals surface area contributed by atoms with Crippen LogP contribution in [-0.4, -0.2) is 19.6 Å². The van der Waals surface area contributed by atoms with Gasteiger partial charge in [0.15, 0.2) is 0 Å². The summed E-state index contributed by atoms with van der Waals surface area (Å²) in [6.45, 7) is 0.0139. The summed E-state index contributed by atoms with van der Waals surface area (Å²) >= 11 is 0. The second-order valence-electron chi connectivity index (χ2n) is 2.54. The van der Waals surface area contributed by atoms with Crippen molar-refractivity contribution >= 4 is 5.91 Å². The molecule has 0 saturated heterocycles. The Morgan fingerprint density at radius 3 is 2.36 bits per heavy atom. The van der Waals surface area contributed by atoms with Crippen LogP contribution in [0, 0.1) is 0 Å². The molecule has 0 aromatic carbocycles. The second kappa shape index (κ2) is 7.54. The van der Waals surface area contributed by atoms with E-state index in [9.17, 15) is 9.90 Å². The first kappa shape index (κ1) is 10.4. The molecule has 0 unspecified atom stereocenters. The Bertz CT molecular complexity index is 104. The first-order valence-corrected chi connectivity index (χ1v) is 4.10. The summed E-state index contributed by atoms with van der Waals surface area (Å²) in [5.41, 5.74) is 0. The van der Waals surface area contributed by atoms with E-state index >= 15 is 0 Å². The summed E-state index contributed by atoms with van der Waals surface area (Å²) in [6, 6.07) is 0. The first-order chi connectivity index (χ1) is 5.31. The van der Waals surface area contributed by atoms with Crippen LogP contribution in [-0.2, 0) is 9.90 Å². The fourth-order valence-corrected chi connectivity index (χ4v) is 0.866. The molecule has 0 aromatic rings. The predicted octanol–water partition coefficient (Wildman–Crippen LogP) is 1.11. The minimum Gasteiger partial charge on any atom is -0.359 e. The van der Waals surface area contributed by atoms with Crippen molar-refractivity contribution in [2.75, 3.05) is 13.7 Å². The zero-order valence-electron chi connectivity index (χ0n) is 7.06. The topological polar surface area (TPSA) is 49.0 Å². The van der Waals surface area contributed by atoms with Crippen molar-refractivity contribution in [1.82, 2.24) is 5.32 Å². The molecule has 0 aliphatic carbocycles. The van der Waals surface area contributed by atoms with Gasteiger partial charge in [0.05, 0.1) is 6.61 Å². The zero-order chi connectivity index (χ0) is 8.53. The van der Waals surface area contributed by atoms with Crippen LogP contribution in [0.3, 0.4) is 0 Å². The van der Waals surface area contributed by atoms with E-state index in [1.165, 1.54) is 0 Å². The molecule has 3 nitrogen and oxygen atoms in total. The summed E-state index contributed by atoms with van der Waals surface area (Å²) in [7, 11) is 1.64. The highest BCUT2D eigenvalue weighted by Gasteiger charge is 1.96. The van der Waals surface area contributed by atoms with Crippen LogP contribution >= 0.6 is 0 Å². The predicted molar refractivity (Wildman–Crippen MR) is 42.7 cm³/mol. The van der Waals surface area contributed by atoms with E-state index in [4.69, 9.17) is 0 Å². The molecule has 1 radical (unpaired) electrons. The fraction of sp³-hybridized carbons (Fsp3) is 0.875. The molecule has 65 valence electrons. The summed E-state index contributed by atoms with van der Waals surface area (Å²) in [6.07, 6.45) is 4.19. The SMILES string of the molecule is CNC(=O)CCCCCC[O]. The fourth-order valence-electron chi connectivity index (χ4n) is 0.866. The van der Waals surface area contributed by atoms with Gasteiger partial charge >= 0.3 is 0 Å². The second-order valence-corrected chi connectivity index (χ2v) is 2.54. The lowest BCUT2D eigenvalue weighted by atomic mass is 10.1. The van der Waals surface area contributed by atoms with Crippen LogP contribution < -0.4 is 5.32 Å². The number of amides is 1. The van der Waals surface area contributed by atoms with E-state index in [2.05, 4.69) is 5.32 Å². The van der Waals surface area contributed by atoms with Gasteiger partial charge in [0.2, 0.25) is 5.91 Å². The van der Waals surface area contributed by atoms with Gasteiger partial charge in [-0.3, -0.25) is 4.79 Å². The third-order valence-corrected chi connectivity index (χ3v) is 1.58. The quantitative estimate of drug-likeness (QED) is 0.578. The van der Waals surface area contributed by atoms with Crippen LogP contribution in [0.5, 0.6) is 0 Å². The van der Waals surface area contributed by atoms with Gasteiger partial charge < -0.3 is 5.32 Å². The third-order valence-electron chi connectivity index (χ3n) is 1.58. The van der Waals surface area contributed by atoms with Crippen LogP contribution in [0.15, 0.2) is 0 Å². The Balaban J connectivity index is 2.95. The highest BCUT2D eigenvalue weighted by atomic mass is 16.2. The van der Waals surface area contributed by atoms with Gasteiger partial charge in [-0.1, -0.05) is 12.8 Å². The maximum Gasteiger partial charge on any atom is 0.219 e. The van der Waals surface area contributed by atoms with Crippen molar-refractivity contribution in [2.24, 2.45) is 0 Å². The highest BCUT2D eigenvalue weighted by molar-refractivity contribution is 5.75. The van der Waals surface area contributed by atoms with E-state index in [1.54, 1.807) is 7.05 Å². The van der Waals surface area contributed by atoms with Gasteiger partial charge in [-0.05, 0) is 12.8 Å². The van der Waals surface area contributed by atoms with Gasteiger partial charge in [0, 0.05) is 13.5 Å². The van der Waals surface area contributed by atoms with Crippen molar-refractivity contribution in [3.05, 3.63) is 0 Å². The molecule has 3 heteroatoms. The largest absolute Gasteiger partial charge is 0.359 e. The van der Waals surface area contributed by atoms with E-state index in [0.29, 0.717) is 6.42 Å². The standard InChI is InChI=1S/C8H16NO2/c1-9-8(11)6-4-2-3-5-7-10/h2-7H2,1H3,(H,9,11). The minimum atomic E-state index is 0.0139. The molecule has 0 heterocycles. The van der Waals surface area contributed by atoms with Crippen molar-refractivity contribution < 1.29 is 9.90 Å². The monoisotopic (exact) mass is 158 g/mol. The lowest BCUT2D eigenvalue weighted by molar-refractivity contribution is -0.120.